The molecule has 0 aromatic carbocycles. The zero-order valence-electron chi connectivity index (χ0n) is 13.5. The minimum Gasteiger partial charge on any atom is -0.352 e. The van der Waals surface area contributed by atoms with Crippen LogP contribution in [0, 0.1) is 5.82 Å². The Morgan fingerprint density at radius 3 is 2.39 bits per heavy atom. The van der Waals surface area contributed by atoms with Gasteiger partial charge in [0.2, 0.25) is 5.82 Å². The Hall–Kier alpha value is -1.02. The maximum absolute atomic E-state index is 13.3. The van der Waals surface area contributed by atoms with Crippen molar-refractivity contribution < 1.29 is 55.5 Å². The Balaban J connectivity index is 1.95. The summed E-state index contributed by atoms with van der Waals surface area (Å²) in [6.07, 6.45) is -1.11. The summed E-state index contributed by atoms with van der Waals surface area (Å²) >= 11 is 0. The SMILES string of the molecule is O=c1[nH]c(=O)n([C@H]2CC[C@@H](COP(=O)(O)OP(=O)(O)OP(=O)(O)O)O2)cc1F. The third-order valence-corrected chi connectivity index (χ3v) is 6.96. The Morgan fingerprint density at radius 2 is 1.79 bits per heavy atom. The number of rotatable bonds is 8. The van der Waals surface area contributed by atoms with E-state index in [2.05, 4.69) is 13.1 Å². The van der Waals surface area contributed by atoms with Gasteiger partial charge < -0.3 is 24.3 Å². The number of aromatic amines is 1. The second kappa shape index (κ2) is 8.38. The molecule has 19 heteroatoms. The molecule has 1 aliphatic heterocycles. The van der Waals surface area contributed by atoms with E-state index in [-0.39, 0.29) is 12.8 Å². The number of H-pyrrole nitrogens is 1. The Labute approximate surface area is 154 Å². The second-order valence-electron chi connectivity index (χ2n) is 5.32. The number of hydrogen-bond donors (Lipinski definition) is 5. The quantitative estimate of drug-likeness (QED) is 0.308. The monoisotopic (exact) mass is 470 g/mol. The van der Waals surface area contributed by atoms with Gasteiger partial charge in [0.05, 0.1) is 18.9 Å². The molecule has 28 heavy (non-hydrogen) atoms. The first-order chi connectivity index (χ1) is 12.7. The molecule has 0 saturated carbocycles. The summed E-state index contributed by atoms with van der Waals surface area (Å²) in [4.78, 5) is 59.6. The number of nitrogens with one attached hydrogen (secondary N) is 1. The summed E-state index contributed by atoms with van der Waals surface area (Å²) < 4.78 is 64.2. The van der Waals surface area contributed by atoms with Crippen molar-refractivity contribution in [1.29, 1.82) is 0 Å². The van der Waals surface area contributed by atoms with E-state index in [1.165, 1.54) is 0 Å². The lowest BCUT2D eigenvalue weighted by Gasteiger charge is -2.18. The highest BCUT2D eigenvalue weighted by Gasteiger charge is 2.41. The van der Waals surface area contributed by atoms with Gasteiger partial charge in [0.25, 0.3) is 5.56 Å². The van der Waals surface area contributed by atoms with Gasteiger partial charge in [-0.15, -0.1) is 0 Å². The van der Waals surface area contributed by atoms with E-state index in [4.69, 9.17) is 19.4 Å². The van der Waals surface area contributed by atoms with E-state index >= 15 is 0 Å². The Kier molecular flexibility index (Phi) is 6.96. The van der Waals surface area contributed by atoms with Crippen molar-refractivity contribution in [1.82, 2.24) is 9.55 Å². The van der Waals surface area contributed by atoms with Gasteiger partial charge in [0, 0.05) is 0 Å². The summed E-state index contributed by atoms with van der Waals surface area (Å²) in [6, 6.07) is 0. The molecule has 5 N–H and O–H groups in total. The molecular formula is C9H14FN2O13P3. The smallest absolute Gasteiger partial charge is 0.352 e. The summed E-state index contributed by atoms with van der Waals surface area (Å²) in [6.45, 7) is -0.708. The third kappa shape index (κ3) is 6.79. The number of phosphoric ester groups is 1. The number of halogens is 1. The lowest BCUT2D eigenvalue weighted by atomic mass is 10.2. The van der Waals surface area contributed by atoms with Crippen molar-refractivity contribution in [3.05, 3.63) is 32.9 Å². The molecule has 1 aliphatic rings. The van der Waals surface area contributed by atoms with Crippen LogP contribution in [0.2, 0.25) is 0 Å². The molecule has 0 radical (unpaired) electrons. The highest BCUT2D eigenvalue weighted by Crippen LogP contribution is 2.66. The normalized spacial score (nSPS) is 24.6. The largest absolute Gasteiger partial charge is 0.490 e. The number of aromatic nitrogens is 2. The Bertz CT molecular complexity index is 984. The molecule has 0 amide bonds. The van der Waals surface area contributed by atoms with E-state index < -0.39 is 59.5 Å². The van der Waals surface area contributed by atoms with Gasteiger partial charge in [-0.1, -0.05) is 0 Å². The van der Waals surface area contributed by atoms with Gasteiger partial charge in [-0.25, -0.2) is 18.5 Å². The highest BCUT2D eigenvalue weighted by atomic mass is 31.3. The zero-order valence-corrected chi connectivity index (χ0v) is 16.2. The minimum absolute atomic E-state index is 0.121. The van der Waals surface area contributed by atoms with Crippen LogP contribution in [0.5, 0.6) is 0 Å². The number of nitrogens with zero attached hydrogens (tertiary/aromatic N) is 1. The molecule has 2 unspecified atom stereocenters. The van der Waals surface area contributed by atoms with Crippen LogP contribution in [0.15, 0.2) is 15.8 Å². The van der Waals surface area contributed by atoms with E-state index in [9.17, 15) is 32.6 Å². The first-order valence-corrected chi connectivity index (χ1v) is 11.6. The molecule has 1 fully saturated rings. The molecule has 2 heterocycles. The average Bonchev–Trinajstić information content (AvgIpc) is 2.94. The van der Waals surface area contributed by atoms with Crippen LogP contribution >= 0.6 is 23.5 Å². The standard InChI is InChI=1S/C9H14FN2O13P3/c10-6-3-12(9(14)11-8(6)13)7-2-1-5(23-7)4-22-27(18,19)25-28(20,21)24-26(15,16)17/h3,5,7H,1-2,4H2,(H,18,19)(H,20,21)(H,11,13,14)(H2,15,16,17)/t5-,7+/m0/s1. The fourth-order valence-electron chi connectivity index (χ4n) is 2.17. The number of phosphoric acid groups is 3. The fourth-order valence-corrected chi connectivity index (χ4v) is 5.22. The molecule has 4 atom stereocenters. The summed E-state index contributed by atoms with van der Waals surface area (Å²) in [7, 11) is -16.4. The Morgan fingerprint density at radius 1 is 1.14 bits per heavy atom. The van der Waals surface area contributed by atoms with Crippen molar-refractivity contribution >= 4 is 23.5 Å². The first-order valence-electron chi connectivity index (χ1n) is 7.12. The van der Waals surface area contributed by atoms with Crippen LogP contribution in [0.1, 0.15) is 19.1 Å². The van der Waals surface area contributed by atoms with Crippen molar-refractivity contribution in [3.8, 4) is 0 Å². The second-order valence-corrected chi connectivity index (χ2v) is 9.74. The van der Waals surface area contributed by atoms with Gasteiger partial charge in [-0.05, 0) is 12.8 Å². The topological polar surface area (TPSA) is 224 Å². The van der Waals surface area contributed by atoms with Crippen molar-refractivity contribution in [2.45, 2.75) is 25.2 Å². The summed E-state index contributed by atoms with van der Waals surface area (Å²) in [5.74, 6) is -1.24. The van der Waals surface area contributed by atoms with Gasteiger partial charge >= 0.3 is 29.2 Å². The van der Waals surface area contributed by atoms with E-state index in [1.807, 2.05) is 0 Å². The van der Waals surface area contributed by atoms with E-state index in [0.717, 1.165) is 4.57 Å². The van der Waals surface area contributed by atoms with Crippen molar-refractivity contribution in [2.75, 3.05) is 6.61 Å². The van der Waals surface area contributed by atoms with Gasteiger partial charge in [0.15, 0.2) is 0 Å². The molecule has 1 aromatic heterocycles. The number of ether oxygens (including phenoxy) is 1. The van der Waals surface area contributed by atoms with Gasteiger partial charge in [-0.2, -0.15) is 13.0 Å². The molecule has 160 valence electrons. The molecule has 0 aliphatic carbocycles. The summed E-state index contributed by atoms with van der Waals surface area (Å²) in [5, 5.41) is 0. The molecule has 2 rings (SSSR count). The van der Waals surface area contributed by atoms with Crippen LogP contribution in [0.3, 0.4) is 0 Å². The van der Waals surface area contributed by atoms with Crippen LogP contribution in [0.25, 0.3) is 0 Å². The lowest BCUT2D eigenvalue weighted by molar-refractivity contribution is -0.0247. The molecular weight excluding hydrogens is 456 g/mol. The van der Waals surface area contributed by atoms with Crippen LogP contribution in [-0.2, 0) is 31.6 Å². The van der Waals surface area contributed by atoms with Gasteiger partial charge in [0.1, 0.15) is 6.23 Å². The molecule has 0 spiro atoms. The van der Waals surface area contributed by atoms with Crippen LogP contribution < -0.4 is 11.2 Å². The maximum Gasteiger partial charge on any atom is 0.490 e. The predicted molar refractivity (Wildman–Crippen MR) is 84.2 cm³/mol. The van der Waals surface area contributed by atoms with Crippen molar-refractivity contribution in [2.24, 2.45) is 0 Å². The molecule has 1 saturated heterocycles. The summed E-state index contributed by atoms with van der Waals surface area (Å²) in [5.41, 5.74) is -2.17. The first kappa shape index (κ1) is 23.3. The molecule has 15 nitrogen and oxygen atoms in total. The van der Waals surface area contributed by atoms with E-state index in [0.29, 0.717) is 6.20 Å². The zero-order chi connectivity index (χ0) is 21.3. The maximum atomic E-state index is 13.3. The minimum atomic E-state index is -5.64. The van der Waals surface area contributed by atoms with Gasteiger partial charge in [-0.3, -0.25) is 18.9 Å². The molecule has 0 bridgehead atoms. The van der Waals surface area contributed by atoms with Crippen LogP contribution in [-0.4, -0.2) is 41.8 Å². The third-order valence-electron chi connectivity index (χ3n) is 3.16. The van der Waals surface area contributed by atoms with Crippen LogP contribution in [0.4, 0.5) is 4.39 Å². The predicted octanol–water partition coefficient (Wildman–Crippen LogP) is -0.303. The molecule has 1 aromatic rings. The number of hydrogen-bond acceptors (Lipinski definition) is 9. The lowest BCUT2D eigenvalue weighted by Crippen LogP contribution is -2.34. The average molecular weight is 470 g/mol. The fraction of sp³-hybridized carbons (Fsp3) is 0.556. The van der Waals surface area contributed by atoms with Crippen molar-refractivity contribution in [3.63, 3.8) is 0 Å². The van der Waals surface area contributed by atoms with E-state index in [1.54, 1.807) is 4.98 Å². The highest BCUT2D eigenvalue weighted by molar-refractivity contribution is 7.66.